The lowest BCUT2D eigenvalue weighted by atomic mass is 10.2. The number of hydrogen-bond acceptors (Lipinski definition) is 5. The molecule has 0 aliphatic heterocycles. The summed E-state index contributed by atoms with van der Waals surface area (Å²) in [5.41, 5.74) is -0.548. The average molecular weight is 309 g/mol. The van der Waals surface area contributed by atoms with E-state index in [1.807, 2.05) is 0 Å². The lowest BCUT2D eigenvalue weighted by Gasteiger charge is -2.09. The van der Waals surface area contributed by atoms with Crippen molar-refractivity contribution in [2.45, 2.75) is 6.10 Å². The van der Waals surface area contributed by atoms with Crippen LogP contribution < -0.4 is 5.32 Å². The van der Waals surface area contributed by atoms with Crippen molar-refractivity contribution in [3.8, 4) is 0 Å². The van der Waals surface area contributed by atoms with Gasteiger partial charge >= 0.3 is 0 Å². The molecule has 1 rings (SSSR count). The van der Waals surface area contributed by atoms with E-state index in [0.29, 0.717) is 0 Å². The van der Waals surface area contributed by atoms with Gasteiger partial charge < -0.3 is 15.5 Å². The fourth-order valence-electron chi connectivity index (χ4n) is 1.22. The normalized spacial score (nSPS) is 12.0. The molecule has 9 heteroatoms. The van der Waals surface area contributed by atoms with Crippen molar-refractivity contribution in [2.75, 3.05) is 13.2 Å². The highest BCUT2D eigenvalue weighted by atomic mass is 35.5. The molecule has 0 radical (unpaired) electrons. The Labute approximate surface area is 117 Å². The van der Waals surface area contributed by atoms with Gasteiger partial charge in [-0.15, -0.1) is 0 Å². The second kappa shape index (κ2) is 6.67. The number of aliphatic hydroxyl groups excluding tert-OH is 2. The first kappa shape index (κ1) is 15.6. The first-order chi connectivity index (χ1) is 8.86. The number of carbonyl (C=O) groups excluding carboxylic acids is 1. The maximum Gasteiger partial charge on any atom is 0.290 e. The molecule has 0 heterocycles. The van der Waals surface area contributed by atoms with E-state index in [2.05, 4.69) is 5.32 Å². The lowest BCUT2D eigenvalue weighted by molar-refractivity contribution is -0.384. The van der Waals surface area contributed by atoms with Crippen molar-refractivity contribution in [1.82, 2.24) is 5.32 Å². The number of carbonyl (C=O) groups is 1. The van der Waals surface area contributed by atoms with Gasteiger partial charge in [0.25, 0.3) is 11.6 Å². The zero-order chi connectivity index (χ0) is 14.6. The number of nitrogens with zero attached hydrogens (tertiary/aromatic N) is 1. The third-order valence-electron chi connectivity index (χ3n) is 2.18. The van der Waals surface area contributed by atoms with Gasteiger partial charge in [0.15, 0.2) is 0 Å². The average Bonchev–Trinajstić information content (AvgIpc) is 2.37. The number of hydrogen-bond donors (Lipinski definition) is 3. The van der Waals surface area contributed by atoms with Crippen LogP contribution in [-0.4, -0.2) is 40.3 Å². The zero-order valence-electron chi connectivity index (χ0n) is 9.47. The molecule has 3 N–H and O–H groups in total. The second-order valence-electron chi connectivity index (χ2n) is 3.59. The standard InChI is InChI=1S/C10H10Cl2N2O5/c11-7-1-5(2-8(9(7)12)14(18)19)10(17)13-3-6(16)4-15/h1-2,6,15-16H,3-4H2,(H,13,17). The number of amides is 1. The van der Waals surface area contributed by atoms with E-state index in [1.54, 1.807) is 0 Å². The van der Waals surface area contributed by atoms with Crippen LogP contribution in [0.4, 0.5) is 5.69 Å². The fourth-order valence-corrected chi connectivity index (χ4v) is 1.61. The second-order valence-corrected chi connectivity index (χ2v) is 4.38. The molecule has 0 spiro atoms. The molecule has 1 atom stereocenters. The maximum absolute atomic E-state index is 11.7. The van der Waals surface area contributed by atoms with Gasteiger partial charge in [0.1, 0.15) is 5.02 Å². The van der Waals surface area contributed by atoms with Gasteiger partial charge in [-0.25, -0.2) is 0 Å². The molecule has 0 aromatic heterocycles. The van der Waals surface area contributed by atoms with Crippen LogP contribution >= 0.6 is 23.2 Å². The molecular weight excluding hydrogens is 299 g/mol. The highest BCUT2D eigenvalue weighted by Crippen LogP contribution is 2.32. The molecule has 0 aliphatic carbocycles. The van der Waals surface area contributed by atoms with Crippen molar-refractivity contribution in [1.29, 1.82) is 0 Å². The van der Waals surface area contributed by atoms with E-state index < -0.39 is 29.2 Å². The monoisotopic (exact) mass is 308 g/mol. The number of aliphatic hydroxyl groups is 2. The van der Waals surface area contributed by atoms with E-state index in [-0.39, 0.29) is 22.2 Å². The smallest absolute Gasteiger partial charge is 0.290 e. The molecule has 1 aromatic rings. The Kier molecular flexibility index (Phi) is 5.49. The van der Waals surface area contributed by atoms with Gasteiger partial charge in [0, 0.05) is 18.2 Å². The molecule has 0 aliphatic rings. The molecule has 0 bridgehead atoms. The summed E-state index contributed by atoms with van der Waals surface area (Å²) in [7, 11) is 0. The SMILES string of the molecule is O=C(NCC(O)CO)c1cc(Cl)c(Cl)c([N+](=O)[O-])c1. The number of halogens is 2. The predicted octanol–water partition coefficient (Wildman–Crippen LogP) is 0.985. The number of nitro groups is 1. The summed E-state index contributed by atoms with van der Waals surface area (Å²) in [4.78, 5) is 21.6. The Balaban J connectivity index is 2.95. The number of rotatable bonds is 5. The van der Waals surface area contributed by atoms with E-state index in [0.717, 1.165) is 6.07 Å². The van der Waals surface area contributed by atoms with Crippen LogP contribution in [0.1, 0.15) is 10.4 Å². The largest absolute Gasteiger partial charge is 0.394 e. The van der Waals surface area contributed by atoms with Crippen LogP contribution in [0.3, 0.4) is 0 Å². The van der Waals surface area contributed by atoms with Crippen LogP contribution in [0.2, 0.25) is 10.0 Å². The zero-order valence-corrected chi connectivity index (χ0v) is 11.0. The summed E-state index contributed by atoms with van der Waals surface area (Å²) in [6.07, 6.45) is -1.11. The summed E-state index contributed by atoms with van der Waals surface area (Å²) >= 11 is 11.3. The molecule has 19 heavy (non-hydrogen) atoms. The van der Waals surface area contributed by atoms with Gasteiger partial charge in [-0.2, -0.15) is 0 Å². The third-order valence-corrected chi connectivity index (χ3v) is 2.97. The molecule has 0 saturated carbocycles. The number of nitro benzene ring substituents is 1. The molecular formula is C10H10Cl2N2O5. The van der Waals surface area contributed by atoms with Gasteiger partial charge in [0.05, 0.1) is 22.7 Å². The molecule has 1 amide bonds. The Morgan fingerprint density at radius 2 is 2.11 bits per heavy atom. The Bertz CT molecular complexity index is 509. The molecule has 1 aromatic carbocycles. The van der Waals surface area contributed by atoms with E-state index >= 15 is 0 Å². The highest BCUT2D eigenvalue weighted by molar-refractivity contribution is 6.43. The van der Waals surface area contributed by atoms with Crippen LogP contribution in [-0.2, 0) is 0 Å². The molecule has 104 valence electrons. The summed E-state index contributed by atoms with van der Waals surface area (Å²) in [5, 5.41) is 30.3. The van der Waals surface area contributed by atoms with Crippen LogP contribution in [0.15, 0.2) is 12.1 Å². The van der Waals surface area contributed by atoms with Gasteiger partial charge in [0.2, 0.25) is 0 Å². The van der Waals surface area contributed by atoms with Gasteiger partial charge in [-0.1, -0.05) is 23.2 Å². The Morgan fingerprint density at radius 1 is 1.47 bits per heavy atom. The van der Waals surface area contributed by atoms with Crippen molar-refractivity contribution < 1.29 is 19.9 Å². The molecule has 0 saturated heterocycles. The molecule has 1 unspecified atom stereocenters. The van der Waals surface area contributed by atoms with E-state index in [4.69, 9.17) is 33.4 Å². The van der Waals surface area contributed by atoms with Crippen LogP contribution in [0.25, 0.3) is 0 Å². The minimum absolute atomic E-state index is 0.0637. The summed E-state index contributed by atoms with van der Waals surface area (Å²) in [5.74, 6) is -0.672. The fraction of sp³-hybridized carbons (Fsp3) is 0.300. The van der Waals surface area contributed by atoms with Gasteiger partial charge in [-0.05, 0) is 6.07 Å². The first-order valence-electron chi connectivity index (χ1n) is 5.07. The van der Waals surface area contributed by atoms with E-state index in [9.17, 15) is 14.9 Å². The number of benzene rings is 1. The summed E-state index contributed by atoms with van der Waals surface area (Å²) < 4.78 is 0. The number of nitrogens with one attached hydrogen (secondary N) is 1. The topological polar surface area (TPSA) is 113 Å². The van der Waals surface area contributed by atoms with Crippen LogP contribution in [0, 0.1) is 10.1 Å². The third kappa shape index (κ3) is 4.03. The lowest BCUT2D eigenvalue weighted by Crippen LogP contribution is -2.33. The van der Waals surface area contributed by atoms with Crippen molar-refractivity contribution in [3.63, 3.8) is 0 Å². The Hall–Kier alpha value is -1.41. The highest BCUT2D eigenvalue weighted by Gasteiger charge is 2.20. The van der Waals surface area contributed by atoms with Crippen LogP contribution in [0.5, 0.6) is 0 Å². The predicted molar refractivity (Wildman–Crippen MR) is 68.5 cm³/mol. The van der Waals surface area contributed by atoms with Gasteiger partial charge in [-0.3, -0.25) is 14.9 Å². The quantitative estimate of drug-likeness (QED) is 0.554. The minimum atomic E-state index is -1.11. The summed E-state index contributed by atoms with van der Waals surface area (Å²) in [6, 6.07) is 2.16. The minimum Gasteiger partial charge on any atom is -0.394 e. The van der Waals surface area contributed by atoms with Crippen molar-refractivity contribution in [3.05, 3.63) is 37.9 Å². The van der Waals surface area contributed by atoms with Crippen molar-refractivity contribution >= 4 is 34.8 Å². The summed E-state index contributed by atoms with van der Waals surface area (Å²) in [6.45, 7) is -0.703. The first-order valence-corrected chi connectivity index (χ1v) is 5.83. The molecule has 7 nitrogen and oxygen atoms in total. The van der Waals surface area contributed by atoms with E-state index in [1.165, 1.54) is 6.07 Å². The maximum atomic E-state index is 11.7. The van der Waals surface area contributed by atoms with Crippen molar-refractivity contribution in [2.24, 2.45) is 0 Å². The Morgan fingerprint density at radius 3 is 2.63 bits per heavy atom. The molecule has 0 fully saturated rings.